The lowest BCUT2D eigenvalue weighted by Gasteiger charge is -2.18. The summed E-state index contributed by atoms with van der Waals surface area (Å²) in [5, 5.41) is 7.37. The van der Waals surface area contributed by atoms with Crippen molar-refractivity contribution in [2.75, 3.05) is 20.1 Å². The second-order valence-corrected chi connectivity index (χ2v) is 4.45. The van der Waals surface area contributed by atoms with Crippen molar-refractivity contribution in [2.45, 2.75) is 38.8 Å². The summed E-state index contributed by atoms with van der Waals surface area (Å²) in [6.45, 7) is 4.97. The maximum atomic E-state index is 5.17. The highest BCUT2D eigenvalue weighted by molar-refractivity contribution is 4.86. The number of aryl methyl sites for hydroxylation is 1. The number of rotatable bonds is 5. The van der Waals surface area contributed by atoms with E-state index in [2.05, 4.69) is 27.4 Å². The zero-order valence-corrected chi connectivity index (χ0v) is 10.1. The molecule has 0 aliphatic carbocycles. The third-order valence-electron chi connectivity index (χ3n) is 2.93. The summed E-state index contributed by atoms with van der Waals surface area (Å²) in [7, 11) is 2.09. The Hall–Kier alpha value is -0.940. The first-order valence-electron chi connectivity index (χ1n) is 6.01. The summed E-state index contributed by atoms with van der Waals surface area (Å²) in [6, 6.07) is 0.624. The van der Waals surface area contributed by atoms with Crippen molar-refractivity contribution in [1.29, 1.82) is 0 Å². The van der Waals surface area contributed by atoms with Crippen LogP contribution in [0.5, 0.6) is 0 Å². The third kappa shape index (κ3) is 3.02. The second-order valence-electron chi connectivity index (χ2n) is 4.45. The van der Waals surface area contributed by atoms with Crippen molar-refractivity contribution in [3.05, 3.63) is 11.7 Å². The lowest BCUT2D eigenvalue weighted by atomic mass is 10.2. The van der Waals surface area contributed by atoms with Gasteiger partial charge in [-0.3, -0.25) is 4.90 Å². The maximum absolute atomic E-state index is 5.17. The van der Waals surface area contributed by atoms with Crippen LogP contribution < -0.4 is 5.32 Å². The molecule has 90 valence electrons. The van der Waals surface area contributed by atoms with Crippen LogP contribution in [-0.4, -0.2) is 41.2 Å². The van der Waals surface area contributed by atoms with Gasteiger partial charge in [-0.05, 0) is 26.4 Å². The minimum atomic E-state index is 0.624. The summed E-state index contributed by atoms with van der Waals surface area (Å²) in [5.41, 5.74) is 0. The van der Waals surface area contributed by atoms with Gasteiger partial charge in [0.05, 0.1) is 6.54 Å². The molecule has 1 aromatic heterocycles. The fourth-order valence-corrected chi connectivity index (χ4v) is 2.08. The summed E-state index contributed by atoms with van der Waals surface area (Å²) in [4.78, 5) is 6.54. The Balaban J connectivity index is 1.79. The highest BCUT2D eigenvalue weighted by Gasteiger charge is 2.17. The molecule has 1 atom stereocenters. The van der Waals surface area contributed by atoms with Crippen molar-refractivity contribution in [2.24, 2.45) is 0 Å². The molecule has 0 radical (unpaired) electrons. The summed E-state index contributed by atoms with van der Waals surface area (Å²) < 4.78 is 5.17. The van der Waals surface area contributed by atoms with Crippen molar-refractivity contribution >= 4 is 0 Å². The van der Waals surface area contributed by atoms with Crippen LogP contribution >= 0.6 is 0 Å². The predicted octanol–water partition coefficient (Wildman–Crippen LogP) is 0.816. The molecule has 2 heterocycles. The lowest BCUT2D eigenvalue weighted by Crippen LogP contribution is -2.35. The number of likely N-dealkylation sites (N-methyl/N-ethyl adjacent to an activating group) is 1. The third-order valence-corrected chi connectivity index (χ3v) is 2.93. The SMILES string of the molecule is CCc1noc(CN(C)CC2CCCN2)n1. The largest absolute Gasteiger partial charge is 0.338 e. The Morgan fingerprint density at radius 3 is 3.06 bits per heavy atom. The van der Waals surface area contributed by atoms with Crippen molar-refractivity contribution in [1.82, 2.24) is 20.4 Å². The van der Waals surface area contributed by atoms with Crippen LogP contribution in [0.1, 0.15) is 31.5 Å². The van der Waals surface area contributed by atoms with Gasteiger partial charge in [-0.25, -0.2) is 0 Å². The fraction of sp³-hybridized carbons (Fsp3) is 0.818. The Kier molecular flexibility index (Phi) is 3.90. The molecule has 0 saturated carbocycles. The van der Waals surface area contributed by atoms with E-state index in [0.717, 1.165) is 37.8 Å². The Morgan fingerprint density at radius 2 is 2.44 bits per heavy atom. The zero-order valence-electron chi connectivity index (χ0n) is 10.1. The van der Waals surface area contributed by atoms with E-state index < -0.39 is 0 Å². The smallest absolute Gasteiger partial charge is 0.240 e. The van der Waals surface area contributed by atoms with Gasteiger partial charge in [0.25, 0.3) is 0 Å². The molecule has 0 amide bonds. The van der Waals surface area contributed by atoms with Gasteiger partial charge in [0.2, 0.25) is 5.89 Å². The molecule has 1 aliphatic heterocycles. The molecule has 0 aromatic carbocycles. The molecule has 0 bridgehead atoms. The zero-order chi connectivity index (χ0) is 11.4. The molecule has 1 unspecified atom stereocenters. The van der Waals surface area contributed by atoms with Crippen LogP contribution in [0.15, 0.2) is 4.52 Å². The van der Waals surface area contributed by atoms with E-state index in [0.29, 0.717) is 6.04 Å². The van der Waals surface area contributed by atoms with Gasteiger partial charge in [0, 0.05) is 19.0 Å². The fourth-order valence-electron chi connectivity index (χ4n) is 2.08. The van der Waals surface area contributed by atoms with Gasteiger partial charge in [0.15, 0.2) is 5.82 Å². The first-order chi connectivity index (χ1) is 7.78. The van der Waals surface area contributed by atoms with Crippen LogP contribution in [0.3, 0.4) is 0 Å². The van der Waals surface area contributed by atoms with Gasteiger partial charge in [0.1, 0.15) is 0 Å². The summed E-state index contributed by atoms with van der Waals surface area (Å²) in [6.07, 6.45) is 3.39. The van der Waals surface area contributed by atoms with Crippen LogP contribution in [0.4, 0.5) is 0 Å². The highest BCUT2D eigenvalue weighted by atomic mass is 16.5. The van der Waals surface area contributed by atoms with Crippen molar-refractivity contribution in [3.8, 4) is 0 Å². The molecule has 5 heteroatoms. The minimum Gasteiger partial charge on any atom is -0.338 e. The lowest BCUT2D eigenvalue weighted by molar-refractivity contribution is 0.248. The van der Waals surface area contributed by atoms with E-state index in [-0.39, 0.29) is 0 Å². The molecule has 0 spiro atoms. The Morgan fingerprint density at radius 1 is 1.56 bits per heavy atom. The van der Waals surface area contributed by atoms with E-state index >= 15 is 0 Å². The van der Waals surface area contributed by atoms with Crippen LogP contribution in [0.2, 0.25) is 0 Å². The normalized spacial score (nSPS) is 20.8. The Bertz CT molecular complexity index is 320. The van der Waals surface area contributed by atoms with E-state index in [1.54, 1.807) is 0 Å². The molecule has 1 aromatic rings. The number of aromatic nitrogens is 2. The Labute approximate surface area is 96.2 Å². The number of nitrogens with zero attached hydrogens (tertiary/aromatic N) is 3. The van der Waals surface area contributed by atoms with Crippen molar-refractivity contribution < 1.29 is 4.52 Å². The second kappa shape index (κ2) is 5.41. The van der Waals surface area contributed by atoms with E-state index in [9.17, 15) is 0 Å². The average Bonchev–Trinajstić information content (AvgIpc) is 2.89. The minimum absolute atomic E-state index is 0.624. The molecule has 1 saturated heterocycles. The molecule has 5 nitrogen and oxygen atoms in total. The number of hydrogen-bond acceptors (Lipinski definition) is 5. The van der Waals surface area contributed by atoms with E-state index in [1.165, 1.54) is 12.8 Å². The first kappa shape index (κ1) is 11.5. The number of nitrogens with one attached hydrogen (secondary N) is 1. The van der Waals surface area contributed by atoms with Gasteiger partial charge in [-0.15, -0.1) is 0 Å². The predicted molar refractivity (Wildman–Crippen MR) is 61.0 cm³/mol. The average molecular weight is 224 g/mol. The van der Waals surface area contributed by atoms with Gasteiger partial charge >= 0.3 is 0 Å². The molecule has 1 N–H and O–H groups in total. The molecule has 1 fully saturated rings. The monoisotopic (exact) mass is 224 g/mol. The molecular weight excluding hydrogens is 204 g/mol. The van der Waals surface area contributed by atoms with E-state index in [1.807, 2.05) is 6.92 Å². The van der Waals surface area contributed by atoms with Gasteiger partial charge < -0.3 is 9.84 Å². The van der Waals surface area contributed by atoms with Crippen LogP contribution in [-0.2, 0) is 13.0 Å². The first-order valence-corrected chi connectivity index (χ1v) is 6.01. The van der Waals surface area contributed by atoms with E-state index in [4.69, 9.17) is 4.52 Å². The van der Waals surface area contributed by atoms with Crippen LogP contribution in [0, 0.1) is 0 Å². The quantitative estimate of drug-likeness (QED) is 0.802. The number of hydrogen-bond donors (Lipinski definition) is 1. The standard InChI is InChI=1S/C11H20N4O/c1-3-10-13-11(16-14-10)8-15(2)7-9-5-4-6-12-9/h9,12H,3-8H2,1-2H3. The molecule has 1 aliphatic rings. The summed E-state index contributed by atoms with van der Waals surface area (Å²) in [5.74, 6) is 1.51. The molecule has 2 rings (SSSR count). The molecule has 16 heavy (non-hydrogen) atoms. The van der Waals surface area contributed by atoms with Crippen molar-refractivity contribution in [3.63, 3.8) is 0 Å². The van der Waals surface area contributed by atoms with Gasteiger partial charge in [-0.2, -0.15) is 4.98 Å². The summed E-state index contributed by atoms with van der Waals surface area (Å²) >= 11 is 0. The molecular formula is C11H20N4O. The topological polar surface area (TPSA) is 54.2 Å². The van der Waals surface area contributed by atoms with Gasteiger partial charge in [-0.1, -0.05) is 12.1 Å². The highest BCUT2D eigenvalue weighted by Crippen LogP contribution is 2.08. The maximum Gasteiger partial charge on any atom is 0.240 e. The van der Waals surface area contributed by atoms with Crippen LogP contribution in [0.25, 0.3) is 0 Å².